The van der Waals surface area contributed by atoms with Gasteiger partial charge in [-0.3, -0.25) is 9.69 Å². The molecule has 1 aromatic heterocycles. The molecule has 1 aliphatic rings. The van der Waals surface area contributed by atoms with Crippen molar-refractivity contribution in [1.29, 1.82) is 0 Å². The molecule has 1 saturated heterocycles. The Balaban J connectivity index is 1.58. The number of imidazole rings is 1. The van der Waals surface area contributed by atoms with Gasteiger partial charge in [0, 0.05) is 3.57 Å². The van der Waals surface area contributed by atoms with E-state index < -0.39 is 18.1 Å². The van der Waals surface area contributed by atoms with Crippen LogP contribution in [0.3, 0.4) is 0 Å². The second kappa shape index (κ2) is 9.92. The molecular weight excluding hydrogens is 535 g/mol. The van der Waals surface area contributed by atoms with E-state index in [0.717, 1.165) is 14.8 Å². The van der Waals surface area contributed by atoms with Gasteiger partial charge in [-0.05, 0) is 63.9 Å². The van der Waals surface area contributed by atoms with Crippen molar-refractivity contribution < 1.29 is 19.4 Å². The second-order valence-electron chi connectivity index (χ2n) is 8.11. The number of nitrogens with zero attached hydrogens (tertiary/aromatic N) is 2. The van der Waals surface area contributed by atoms with Crippen LogP contribution < -0.4 is 10.1 Å². The van der Waals surface area contributed by atoms with Gasteiger partial charge in [-0.2, -0.15) is 0 Å². The lowest BCUT2D eigenvalue weighted by Crippen LogP contribution is -2.38. The van der Waals surface area contributed by atoms with Gasteiger partial charge < -0.3 is 20.1 Å². The van der Waals surface area contributed by atoms with E-state index in [9.17, 15) is 9.59 Å². The Kier molecular flexibility index (Phi) is 6.99. The predicted octanol–water partition coefficient (Wildman–Crippen LogP) is 4.04. The van der Waals surface area contributed by atoms with Gasteiger partial charge in [-0.25, -0.2) is 9.78 Å². The summed E-state index contributed by atoms with van der Waals surface area (Å²) in [6, 6.07) is 13.2. The molecule has 0 aliphatic carbocycles. The second-order valence-corrected chi connectivity index (χ2v) is 9.36. The zero-order valence-electron chi connectivity index (χ0n) is 18.3. The van der Waals surface area contributed by atoms with Crippen LogP contribution in [-0.4, -0.2) is 45.1 Å². The van der Waals surface area contributed by atoms with Crippen LogP contribution in [0.15, 0.2) is 54.7 Å². The molecule has 8 nitrogen and oxygen atoms in total. The Morgan fingerprint density at radius 2 is 1.82 bits per heavy atom. The van der Waals surface area contributed by atoms with Gasteiger partial charge in [0.05, 0.1) is 18.5 Å². The number of aliphatic hydroxyl groups excluding tert-OH is 1. The number of urea groups is 1. The van der Waals surface area contributed by atoms with Crippen LogP contribution >= 0.6 is 22.6 Å². The summed E-state index contributed by atoms with van der Waals surface area (Å²) < 4.78 is 6.50. The molecule has 4 rings (SSSR count). The number of halogens is 1. The maximum atomic E-state index is 13.3. The van der Waals surface area contributed by atoms with Crippen LogP contribution in [0.1, 0.15) is 37.3 Å². The summed E-state index contributed by atoms with van der Waals surface area (Å²) in [5.41, 5.74) is 2.47. The van der Waals surface area contributed by atoms with E-state index in [1.807, 2.05) is 38.1 Å². The topological polar surface area (TPSA) is 108 Å². The Bertz CT molecular complexity index is 1130. The lowest BCUT2D eigenvalue weighted by Gasteiger charge is -2.27. The summed E-state index contributed by atoms with van der Waals surface area (Å²) in [6.07, 6.45) is 1.73. The first-order chi connectivity index (χ1) is 15.9. The number of benzene rings is 2. The number of hydrogen-bond acceptors (Lipinski definition) is 5. The summed E-state index contributed by atoms with van der Waals surface area (Å²) in [5, 5.41) is 11.7. The first kappa shape index (κ1) is 23.2. The molecule has 33 heavy (non-hydrogen) atoms. The molecule has 1 aliphatic heterocycles. The molecule has 3 aromatic rings. The molecule has 2 heterocycles. The molecule has 0 spiro atoms. The summed E-state index contributed by atoms with van der Waals surface area (Å²) in [7, 11) is 0. The first-order valence-electron chi connectivity index (χ1n) is 10.7. The summed E-state index contributed by atoms with van der Waals surface area (Å²) in [4.78, 5) is 35.3. The Morgan fingerprint density at radius 3 is 2.45 bits per heavy atom. The van der Waals surface area contributed by atoms with Crippen molar-refractivity contribution in [2.24, 2.45) is 5.92 Å². The molecule has 1 unspecified atom stereocenters. The number of carbonyl (C=O) groups excluding carboxylic acids is 2. The van der Waals surface area contributed by atoms with Gasteiger partial charge in [0.1, 0.15) is 30.3 Å². The van der Waals surface area contributed by atoms with E-state index in [-0.39, 0.29) is 25.0 Å². The van der Waals surface area contributed by atoms with Crippen LogP contribution in [0, 0.1) is 9.49 Å². The molecule has 3 N–H and O–H groups in total. The van der Waals surface area contributed by atoms with Crippen LogP contribution in [-0.2, 0) is 4.79 Å². The molecule has 0 bridgehead atoms. The van der Waals surface area contributed by atoms with Crippen LogP contribution in [0.2, 0.25) is 0 Å². The molecular formula is C24H25IN4O4. The minimum atomic E-state index is -0.781. The zero-order chi connectivity index (χ0) is 23.5. The average Bonchev–Trinajstić information content (AvgIpc) is 3.39. The Labute approximate surface area is 205 Å². The van der Waals surface area contributed by atoms with Crippen LogP contribution in [0.4, 0.5) is 4.79 Å². The van der Waals surface area contributed by atoms with E-state index in [0.29, 0.717) is 17.1 Å². The van der Waals surface area contributed by atoms with Crippen molar-refractivity contribution in [3.63, 3.8) is 0 Å². The van der Waals surface area contributed by atoms with Crippen LogP contribution in [0.5, 0.6) is 5.75 Å². The summed E-state index contributed by atoms with van der Waals surface area (Å²) in [6.45, 7) is 4.02. The number of aliphatic hydroxyl groups is 1. The number of H-pyrrole nitrogens is 1. The minimum Gasteiger partial charge on any atom is -0.491 e. The maximum absolute atomic E-state index is 13.3. The normalized spacial score (nSPS) is 16.9. The monoisotopic (exact) mass is 560 g/mol. The van der Waals surface area contributed by atoms with E-state index >= 15 is 0 Å². The maximum Gasteiger partial charge on any atom is 0.325 e. The molecule has 0 radical (unpaired) electrons. The fraction of sp³-hybridized carbons (Fsp3) is 0.292. The largest absolute Gasteiger partial charge is 0.491 e. The van der Waals surface area contributed by atoms with Crippen molar-refractivity contribution >= 4 is 34.5 Å². The number of hydrogen-bond donors (Lipinski definition) is 3. The standard InChI is InChI=1S/C24H25IN4O4/c1-14(2)21(22-26-13-19(27-22)15-3-7-17(25)8-4-15)29-23(31)20(28-24(29)32)16-5-9-18(10-6-16)33-12-11-30/h3-10,13-14,20-21,30H,11-12H2,1-2H3,(H,26,27)(H,28,32)/t20?,21-/m0/s1. The quantitative estimate of drug-likeness (QED) is 0.285. The highest BCUT2D eigenvalue weighted by molar-refractivity contribution is 14.1. The van der Waals surface area contributed by atoms with Crippen molar-refractivity contribution in [2.45, 2.75) is 25.9 Å². The van der Waals surface area contributed by atoms with Crippen LogP contribution in [0.25, 0.3) is 11.3 Å². The molecule has 0 saturated carbocycles. The number of nitrogens with one attached hydrogen (secondary N) is 2. The molecule has 3 amide bonds. The highest BCUT2D eigenvalue weighted by atomic mass is 127. The lowest BCUT2D eigenvalue weighted by molar-refractivity contribution is -0.130. The highest BCUT2D eigenvalue weighted by Gasteiger charge is 2.45. The smallest absolute Gasteiger partial charge is 0.325 e. The van der Waals surface area contributed by atoms with Gasteiger partial charge in [0.15, 0.2) is 0 Å². The summed E-state index contributed by atoms with van der Waals surface area (Å²) in [5.74, 6) is 0.772. The minimum absolute atomic E-state index is 0.0524. The van der Waals surface area contributed by atoms with Crippen molar-refractivity contribution in [3.05, 3.63) is 69.7 Å². The molecule has 172 valence electrons. The number of amides is 3. The average molecular weight is 560 g/mol. The number of ether oxygens (including phenoxy) is 1. The molecule has 9 heteroatoms. The fourth-order valence-corrected chi connectivity index (χ4v) is 4.26. The molecule has 2 atom stereocenters. The van der Waals surface area contributed by atoms with E-state index in [1.54, 1.807) is 30.5 Å². The number of imide groups is 1. The fourth-order valence-electron chi connectivity index (χ4n) is 3.90. The third-order valence-electron chi connectivity index (χ3n) is 5.48. The van der Waals surface area contributed by atoms with E-state index in [4.69, 9.17) is 9.84 Å². The predicted molar refractivity (Wildman–Crippen MR) is 131 cm³/mol. The number of rotatable bonds is 8. The zero-order valence-corrected chi connectivity index (χ0v) is 20.4. The van der Waals surface area contributed by atoms with Gasteiger partial charge in [0.25, 0.3) is 5.91 Å². The Morgan fingerprint density at radius 1 is 1.12 bits per heavy atom. The van der Waals surface area contributed by atoms with Gasteiger partial charge >= 0.3 is 6.03 Å². The van der Waals surface area contributed by atoms with Gasteiger partial charge in [-0.15, -0.1) is 0 Å². The van der Waals surface area contributed by atoms with E-state index in [2.05, 4.69) is 37.9 Å². The highest BCUT2D eigenvalue weighted by Crippen LogP contribution is 2.34. The van der Waals surface area contributed by atoms with Gasteiger partial charge in [-0.1, -0.05) is 38.1 Å². The number of carbonyl (C=O) groups is 2. The Hall–Kier alpha value is -2.92. The van der Waals surface area contributed by atoms with Gasteiger partial charge in [0.2, 0.25) is 0 Å². The number of aromatic amines is 1. The van der Waals surface area contributed by atoms with Crippen molar-refractivity contribution in [1.82, 2.24) is 20.2 Å². The first-order valence-corrected chi connectivity index (χ1v) is 11.7. The molecule has 2 aromatic carbocycles. The molecule has 1 fully saturated rings. The third kappa shape index (κ3) is 4.88. The van der Waals surface area contributed by atoms with E-state index in [1.165, 1.54) is 4.90 Å². The third-order valence-corrected chi connectivity index (χ3v) is 6.20. The van der Waals surface area contributed by atoms with Crippen molar-refractivity contribution in [3.8, 4) is 17.0 Å². The summed E-state index contributed by atoms with van der Waals surface area (Å²) >= 11 is 2.25. The SMILES string of the molecule is CC(C)[C@@H](c1ncc(-c2ccc(I)cc2)[nH]1)N1C(=O)NC(c2ccc(OCCO)cc2)C1=O. The lowest BCUT2D eigenvalue weighted by atomic mass is 10.0. The number of aromatic nitrogens is 2. The van der Waals surface area contributed by atoms with Crippen molar-refractivity contribution in [2.75, 3.05) is 13.2 Å².